The average molecular weight is 296 g/mol. The van der Waals surface area contributed by atoms with Crippen molar-refractivity contribution in [2.75, 3.05) is 5.73 Å². The third-order valence-electron chi connectivity index (χ3n) is 2.35. The summed E-state index contributed by atoms with van der Waals surface area (Å²) in [5, 5.41) is 0. The molecule has 2 rings (SSSR count). The van der Waals surface area contributed by atoms with Gasteiger partial charge in [0.25, 0.3) is 0 Å². The molecule has 0 aromatic heterocycles. The van der Waals surface area contributed by atoms with Gasteiger partial charge in [-0.2, -0.15) is 0 Å². The standard InChI is InChI=1S/C13H11BrFNO/c1-8-2-4-10(7-11(8)15)17-13-6-9(14)3-5-12(13)16/h2-7H,16H2,1H3. The monoisotopic (exact) mass is 295 g/mol. The second-order valence-corrected chi connectivity index (χ2v) is 4.61. The van der Waals surface area contributed by atoms with Crippen LogP contribution in [0.3, 0.4) is 0 Å². The van der Waals surface area contributed by atoms with E-state index in [1.54, 1.807) is 31.2 Å². The lowest BCUT2D eigenvalue weighted by Crippen LogP contribution is -1.93. The summed E-state index contributed by atoms with van der Waals surface area (Å²) in [6.45, 7) is 1.70. The van der Waals surface area contributed by atoms with Crippen LogP contribution in [0.1, 0.15) is 5.56 Å². The third-order valence-corrected chi connectivity index (χ3v) is 2.84. The van der Waals surface area contributed by atoms with Gasteiger partial charge in [0, 0.05) is 10.5 Å². The molecule has 0 fully saturated rings. The van der Waals surface area contributed by atoms with E-state index in [1.165, 1.54) is 6.07 Å². The van der Waals surface area contributed by atoms with Crippen LogP contribution in [0, 0.1) is 12.7 Å². The molecular formula is C13H11BrFNO. The summed E-state index contributed by atoms with van der Waals surface area (Å²) in [5.74, 6) is 0.636. The van der Waals surface area contributed by atoms with Gasteiger partial charge in [0.2, 0.25) is 0 Å². The molecule has 2 aromatic carbocycles. The number of benzene rings is 2. The molecule has 0 saturated heterocycles. The fraction of sp³-hybridized carbons (Fsp3) is 0.0769. The third kappa shape index (κ3) is 2.77. The number of hydrogen-bond acceptors (Lipinski definition) is 2. The second kappa shape index (κ2) is 4.75. The molecule has 0 atom stereocenters. The molecule has 4 heteroatoms. The van der Waals surface area contributed by atoms with E-state index in [-0.39, 0.29) is 5.82 Å². The maximum atomic E-state index is 13.3. The van der Waals surface area contributed by atoms with Crippen LogP contribution in [-0.2, 0) is 0 Å². The Bertz CT molecular complexity index is 557. The number of anilines is 1. The Morgan fingerprint density at radius 2 is 1.94 bits per heavy atom. The highest BCUT2D eigenvalue weighted by molar-refractivity contribution is 9.10. The maximum Gasteiger partial charge on any atom is 0.151 e. The highest BCUT2D eigenvalue weighted by Crippen LogP contribution is 2.30. The van der Waals surface area contributed by atoms with Crippen LogP contribution < -0.4 is 10.5 Å². The molecule has 88 valence electrons. The van der Waals surface area contributed by atoms with E-state index in [0.717, 1.165) is 4.47 Å². The molecular weight excluding hydrogens is 285 g/mol. The predicted octanol–water partition coefficient (Wildman–Crippen LogP) is 4.27. The fourth-order valence-electron chi connectivity index (χ4n) is 1.36. The smallest absolute Gasteiger partial charge is 0.151 e. The van der Waals surface area contributed by atoms with E-state index >= 15 is 0 Å². The van der Waals surface area contributed by atoms with Crippen molar-refractivity contribution in [3.8, 4) is 11.5 Å². The van der Waals surface area contributed by atoms with Gasteiger partial charge in [-0.1, -0.05) is 22.0 Å². The largest absolute Gasteiger partial charge is 0.455 e. The van der Waals surface area contributed by atoms with E-state index in [1.807, 2.05) is 6.07 Å². The molecule has 0 aliphatic carbocycles. The van der Waals surface area contributed by atoms with Crippen molar-refractivity contribution in [1.82, 2.24) is 0 Å². The molecule has 0 bridgehead atoms. The van der Waals surface area contributed by atoms with E-state index < -0.39 is 0 Å². The fourth-order valence-corrected chi connectivity index (χ4v) is 1.70. The topological polar surface area (TPSA) is 35.2 Å². The van der Waals surface area contributed by atoms with E-state index in [4.69, 9.17) is 10.5 Å². The molecule has 0 saturated carbocycles. The Hall–Kier alpha value is -1.55. The Morgan fingerprint density at radius 3 is 2.65 bits per heavy atom. The van der Waals surface area contributed by atoms with Crippen LogP contribution >= 0.6 is 15.9 Å². The number of nitrogens with two attached hydrogens (primary N) is 1. The molecule has 17 heavy (non-hydrogen) atoms. The molecule has 0 spiro atoms. The molecule has 0 unspecified atom stereocenters. The zero-order valence-electron chi connectivity index (χ0n) is 9.21. The molecule has 2 nitrogen and oxygen atoms in total. The quantitative estimate of drug-likeness (QED) is 0.840. The normalized spacial score (nSPS) is 10.3. The van der Waals surface area contributed by atoms with Crippen molar-refractivity contribution in [3.63, 3.8) is 0 Å². The van der Waals surface area contributed by atoms with Gasteiger partial charge in [-0.25, -0.2) is 4.39 Å². The van der Waals surface area contributed by atoms with Crippen molar-refractivity contribution in [2.45, 2.75) is 6.92 Å². The minimum Gasteiger partial charge on any atom is -0.455 e. The van der Waals surface area contributed by atoms with Crippen LogP contribution in [0.5, 0.6) is 11.5 Å². The van der Waals surface area contributed by atoms with Gasteiger partial charge in [0.1, 0.15) is 11.6 Å². The number of halogens is 2. The Kier molecular flexibility index (Phi) is 3.33. The Morgan fingerprint density at radius 1 is 1.18 bits per heavy atom. The highest BCUT2D eigenvalue weighted by atomic mass is 79.9. The Labute approximate surface area is 107 Å². The van der Waals surface area contributed by atoms with Gasteiger partial charge in [0.15, 0.2) is 5.75 Å². The number of aryl methyl sites for hydroxylation is 1. The number of ether oxygens (including phenoxy) is 1. The number of nitrogen functional groups attached to an aromatic ring is 1. The molecule has 0 amide bonds. The van der Waals surface area contributed by atoms with E-state index in [2.05, 4.69) is 15.9 Å². The summed E-state index contributed by atoms with van der Waals surface area (Å²) in [5.41, 5.74) is 6.86. The van der Waals surface area contributed by atoms with Crippen molar-refractivity contribution < 1.29 is 9.13 Å². The van der Waals surface area contributed by atoms with Crippen molar-refractivity contribution >= 4 is 21.6 Å². The zero-order chi connectivity index (χ0) is 12.4. The lowest BCUT2D eigenvalue weighted by atomic mass is 10.2. The summed E-state index contributed by atoms with van der Waals surface area (Å²) in [6.07, 6.45) is 0. The van der Waals surface area contributed by atoms with Crippen LogP contribution in [0.25, 0.3) is 0 Å². The minimum atomic E-state index is -0.295. The van der Waals surface area contributed by atoms with Gasteiger partial charge in [-0.15, -0.1) is 0 Å². The van der Waals surface area contributed by atoms with Gasteiger partial charge < -0.3 is 10.5 Å². The van der Waals surface area contributed by atoms with E-state index in [0.29, 0.717) is 22.7 Å². The van der Waals surface area contributed by atoms with Crippen LogP contribution in [0.4, 0.5) is 10.1 Å². The lowest BCUT2D eigenvalue weighted by molar-refractivity contribution is 0.478. The van der Waals surface area contributed by atoms with E-state index in [9.17, 15) is 4.39 Å². The van der Waals surface area contributed by atoms with Crippen molar-refractivity contribution in [2.24, 2.45) is 0 Å². The SMILES string of the molecule is Cc1ccc(Oc2cc(Br)ccc2N)cc1F. The van der Waals surface area contributed by atoms with Crippen LogP contribution in [0.15, 0.2) is 40.9 Å². The molecule has 0 radical (unpaired) electrons. The average Bonchev–Trinajstić information content (AvgIpc) is 2.29. The summed E-state index contributed by atoms with van der Waals surface area (Å²) in [7, 11) is 0. The first kappa shape index (κ1) is 11.9. The van der Waals surface area contributed by atoms with Crippen LogP contribution in [0.2, 0.25) is 0 Å². The van der Waals surface area contributed by atoms with Gasteiger partial charge >= 0.3 is 0 Å². The van der Waals surface area contributed by atoms with Crippen LogP contribution in [-0.4, -0.2) is 0 Å². The summed E-state index contributed by atoms with van der Waals surface area (Å²) in [4.78, 5) is 0. The first-order valence-electron chi connectivity index (χ1n) is 5.05. The molecule has 0 aliphatic rings. The van der Waals surface area contributed by atoms with Crippen molar-refractivity contribution in [1.29, 1.82) is 0 Å². The summed E-state index contributed by atoms with van der Waals surface area (Å²) >= 11 is 3.33. The molecule has 0 aliphatic heterocycles. The summed E-state index contributed by atoms with van der Waals surface area (Å²) in [6, 6.07) is 10.0. The molecule has 0 heterocycles. The van der Waals surface area contributed by atoms with Crippen molar-refractivity contribution in [3.05, 3.63) is 52.3 Å². The maximum absolute atomic E-state index is 13.3. The first-order chi connectivity index (χ1) is 8.06. The second-order valence-electron chi connectivity index (χ2n) is 3.70. The highest BCUT2D eigenvalue weighted by Gasteiger charge is 2.05. The van der Waals surface area contributed by atoms with Gasteiger partial charge in [0.05, 0.1) is 5.69 Å². The lowest BCUT2D eigenvalue weighted by Gasteiger charge is -2.09. The number of hydrogen-bond donors (Lipinski definition) is 1. The first-order valence-corrected chi connectivity index (χ1v) is 5.84. The van der Waals surface area contributed by atoms with Gasteiger partial charge in [-0.3, -0.25) is 0 Å². The summed E-state index contributed by atoms with van der Waals surface area (Å²) < 4.78 is 19.7. The van der Waals surface area contributed by atoms with Gasteiger partial charge in [-0.05, 0) is 36.8 Å². The zero-order valence-corrected chi connectivity index (χ0v) is 10.8. The number of rotatable bonds is 2. The minimum absolute atomic E-state index is 0.295. The Balaban J connectivity index is 2.31. The molecule has 2 aromatic rings. The molecule has 2 N–H and O–H groups in total. The predicted molar refractivity (Wildman–Crippen MR) is 69.8 cm³/mol.